The predicted octanol–water partition coefficient (Wildman–Crippen LogP) is 11.3. The Kier molecular flexibility index (Phi) is 19.1. The van der Waals surface area contributed by atoms with Gasteiger partial charge in [0.2, 0.25) is 0 Å². The van der Waals surface area contributed by atoms with Crippen molar-refractivity contribution in [1.82, 2.24) is 39.1 Å². The van der Waals surface area contributed by atoms with Crippen LogP contribution in [-0.2, 0) is 29.6 Å². The first-order valence-electron chi connectivity index (χ1n) is 27.1. The van der Waals surface area contributed by atoms with Crippen molar-refractivity contribution in [2.24, 2.45) is 7.05 Å². The molecule has 2 aliphatic rings. The number of rotatable bonds is 12. The fourth-order valence-corrected chi connectivity index (χ4v) is 12.5. The number of hydrogen-bond acceptors (Lipinski definition) is 15. The van der Waals surface area contributed by atoms with Gasteiger partial charge < -0.3 is 58.4 Å². The van der Waals surface area contributed by atoms with Crippen molar-refractivity contribution in [3.63, 3.8) is 0 Å². The Hall–Kier alpha value is -7.66. The van der Waals surface area contributed by atoms with Gasteiger partial charge in [-0.1, -0.05) is 0 Å². The number of carbonyl (C=O) groups excluding carboxylic acids is 5. The Labute approximate surface area is 480 Å². The third-order valence-corrected chi connectivity index (χ3v) is 16.2. The number of nitrogens with zero attached hydrogens (tertiary/aromatic N) is 7. The van der Waals surface area contributed by atoms with E-state index in [1.807, 2.05) is 44.5 Å². The first-order valence-corrected chi connectivity index (χ1v) is 28.9. The summed E-state index contributed by atoms with van der Waals surface area (Å²) in [5, 5.41) is 26.6. The lowest BCUT2D eigenvalue weighted by atomic mass is 10.0. The summed E-state index contributed by atoms with van der Waals surface area (Å²) in [5.41, 5.74) is 5.35. The number of thiophene rings is 2. The molecule has 2 aliphatic heterocycles. The minimum atomic E-state index is -0.612. The molecule has 436 valence electrons. The average molecular weight is 1150 g/mol. The summed E-state index contributed by atoms with van der Waals surface area (Å²) in [5.74, 6) is 1.18. The topological polar surface area (TPSA) is 236 Å². The maximum atomic E-state index is 13.6. The van der Waals surface area contributed by atoms with Crippen LogP contribution >= 0.6 is 22.7 Å². The van der Waals surface area contributed by atoms with E-state index in [9.17, 15) is 34.1 Å². The largest absolute Gasteiger partial charge is 0.494 e. The highest BCUT2D eigenvalue weighted by atomic mass is 32.1. The number of aryl methyl sites for hydroxylation is 5. The van der Waals surface area contributed by atoms with Gasteiger partial charge in [-0.25, -0.2) is 14.6 Å². The number of anilines is 1. The van der Waals surface area contributed by atoms with Gasteiger partial charge >= 0.3 is 12.2 Å². The molecule has 21 nitrogen and oxygen atoms in total. The molecule has 2 aromatic carbocycles. The number of nitrogens with one attached hydrogen (secondary N) is 3. The molecule has 2 atom stereocenters. The van der Waals surface area contributed by atoms with Crippen molar-refractivity contribution < 1.29 is 47.8 Å². The Morgan fingerprint density at radius 2 is 1.25 bits per heavy atom. The van der Waals surface area contributed by atoms with Crippen LogP contribution in [0, 0.1) is 24.0 Å². The summed E-state index contributed by atoms with van der Waals surface area (Å²) in [6.07, 6.45) is 2.93. The minimum Gasteiger partial charge on any atom is -0.494 e. The number of ether oxygens (including phenoxy) is 4. The maximum absolute atomic E-state index is 13.6. The molecule has 0 unspecified atom stereocenters. The number of amides is 4. The van der Waals surface area contributed by atoms with E-state index < -0.39 is 28.3 Å². The van der Waals surface area contributed by atoms with Crippen LogP contribution in [0.5, 0.6) is 11.5 Å². The number of methoxy groups -OCH3 is 2. The predicted molar refractivity (Wildman–Crippen MR) is 318 cm³/mol. The molecule has 7 heterocycles. The fourth-order valence-electron chi connectivity index (χ4n) is 10.2. The van der Waals surface area contributed by atoms with Crippen molar-refractivity contribution in [3.8, 4) is 23.0 Å². The summed E-state index contributed by atoms with van der Waals surface area (Å²) in [6.45, 7) is 22.8. The molecule has 0 aliphatic carbocycles. The number of benzene rings is 2. The molecule has 23 heteroatoms. The molecule has 2 fully saturated rings. The number of piperidine rings is 2. The number of fused-ring (bicyclic) bond motifs is 3. The van der Waals surface area contributed by atoms with E-state index in [1.54, 1.807) is 73.5 Å². The van der Waals surface area contributed by atoms with Gasteiger partial charge in [-0.2, -0.15) is 0 Å². The van der Waals surface area contributed by atoms with Crippen LogP contribution in [0.25, 0.3) is 43.0 Å². The van der Waals surface area contributed by atoms with Gasteiger partial charge in [-0.05, 0) is 147 Å². The standard InChI is InChI=1S/C29H37N5O4S.C19H28N4O6.C10H11NOS/c1-8-34-22(14-20-17(2)16-39-27(20)34)25-31-21-12-18(13-23(37-7)24(21)32(25)6)26(35)33-11-9-10-19(15-33)30-28(36)38-29(3,4)5;1-19(2,3)29-18(25)21-13-7-6-8-22(11-13)17(24)12-9-14(23(26)27)16(20-4)15(10-12)28-5;1-3-11-8(5-12)4-9-7(2)6-13-10(9)11/h12-14,16,19H,8-11,15H2,1-7H3,(H,30,36);9-10,13,20H,6-8,11H2,1-5H3,(H,21,25);4-6H,3H2,1-2H3/t19-;13-;/m11./s1. The normalized spacial score (nSPS) is 15.5. The highest BCUT2D eigenvalue weighted by Gasteiger charge is 2.32. The lowest BCUT2D eigenvalue weighted by molar-refractivity contribution is -0.384. The summed E-state index contributed by atoms with van der Waals surface area (Å²) >= 11 is 3.45. The van der Waals surface area contributed by atoms with Crippen LogP contribution < -0.4 is 25.4 Å². The third kappa shape index (κ3) is 13.9. The number of hydrogen-bond donors (Lipinski definition) is 3. The van der Waals surface area contributed by atoms with Crippen molar-refractivity contribution in [2.45, 2.75) is 131 Å². The first kappa shape index (κ1) is 61.0. The number of nitro benzene ring substituents is 1. The zero-order chi connectivity index (χ0) is 59.2. The summed E-state index contributed by atoms with van der Waals surface area (Å²) < 4.78 is 28.0. The quantitative estimate of drug-likeness (QED) is 0.0587. The lowest BCUT2D eigenvalue weighted by Crippen LogP contribution is -2.50. The molecule has 5 aromatic heterocycles. The van der Waals surface area contributed by atoms with Crippen LogP contribution in [0.4, 0.5) is 21.0 Å². The highest BCUT2D eigenvalue weighted by Crippen LogP contribution is 2.39. The van der Waals surface area contributed by atoms with E-state index in [0.29, 0.717) is 55.9 Å². The van der Waals surface area contributed by atoms with Gasteiger partial charge in [0, 0.05) is 87.8 Å². The van der Waals surface area contributed by atoms with Gasteiger partial charge in [-0.15, -0.1) is 22.7 Å². The summed E-state index contributed by atoms with van der Waals surface area (Å²) in [6, 6.07) is 10.1. The Balaban J connectivity index is 0.000000196. The zero-order valence-corrected chi connectivity index (χ0v) is 50.5. The van der Waals surface area contributed by atoms with E-state index in [1.165, 1.54) is 50.8 Å². The monoisotopic (exact) mass is 1150 g/mol. The Morgan fingerprint density at radius 1 is 0.753 bits per heavy atom. The maximum Gasteiger partial charge on any atom is 0.407 e. The van der Waals surface area contributed by atoms with Crippen LogP contribution in [0.3, 0.4) is 0 Å². The number of aromatic nitrogens is 4. The smallest absolute Gasteiger partial charge is 0.407 e. The van der Waals surface area contributed by atoms with E-state index in [4.69, 9.17) is 23.9 Å². The van der Waals surface area contributed by atoms with Gasteiger partial charge in [0.25, 0.3) is 17.5 Å². The second kappa shape index (κ2) is 25.4. The van der Waals surface area contributed by atoms with Crippen molar-refractivity contribution in [3.05, 3.63) is 85.2 Å². The lowest BCUT2D eigenvalue weighted by Gasteiger charge is -2.33. The number of aldehydes is 1. The number of carbonyl (C=O) groups is 5. The summed E-state index contributed by atoms with van der Waals surface area (Å²) in [4.78, 5) is 83.3. The minimum absolute atomic E-state index is 0.105. The van der Waals surface area contributed by atoms with E-state index >= 15 is 0 Å². The number of alkyl carbamates (subject to hydrolysis) is 2. The zero-order valence-electron chi connectivity index (χ0n) is 48.9. The molecule has 0 bridgehead atoms. The number of likely N-dealkylation sites (tertiary alicyclic amines) is 2. The molecule has 0 spiro atoms. The van der Waals surface area contributed by atoms with Crippen LogP contribution in [0.15, 0.2) is 47.2 Å². The molecule has 9 rings (SSSR count). The molecule has 7 aromatic rings. The number of nitro groups is 1. The first-order chi connectivity index (χ1) is 38.3. The second-order valence-electron chi connectivity index (χ2n) is 22.1. The molecule has 4 amide bonds. The van der Waals surface area contributed by atoms with E-state index in [2.05, 4.69) is 69.6 Å². The molecule has 0 radical (unpaired) electrons. The fraction of sp³-hybridized carbons (Fsp3) is 0.483. The molecule has 0 saturated carbocycles. The molecule has 2 saturated heterocycles. The van der Waals surface area contributed by atoms with Crippen molar-refractivity contribution in [2.75, 3.05) is 52.8 Å². The molecular formula is C58H76N10O11S2. The van der Waals surface area contributed by atoms with E-state index in [-0.39, 0.29) is 46.6 Å². The second-order valence-corrected chi connectivity index (χ2v) is 23.8. The molecule has 81 heavy (non-hydrogen) atoms. The summed E-state index contributed by atoms with van der Waals surface area (Å²) in [7, 11) is 6.53. The van der Waals surface area contributed by atoms with Crippen LogP contribution in [0.1, 0.15) is 123 Å². The Bertz CT molecular complexity index is 3470. The number of imidazole rings is 1. The van der Waals surface area contributed by atoms with Gasteiger partial charge in [0.15, 0.2) is 17.8 Å². The molecular weight excluding hydrogens is 1080 g/mol. The molecule has 3 N–H and O–H groups in total. The van der Waals surface area contributed by atoms with Crippen molar-refractivity contribution >= 4 is 95.8 Å². The SMILES string of the molecule is CCn1c(-c2nc3cc(C(=O)N4CCC[C@@H](NC(=O)OC(C)(C)C)C4)cc(OC)c3n2C)cc2c(C)csc21.CCn1c(C=O)cc2c(C)csc21.CNc1c(OC)cc(C(=O)N2CCC[C@@H](NC(=O)OC(C)(C)C)C2)cc1[N+](=O)[O-]. The third-order valence-electron chi connectivity index (χ3n) is 13.9. The van der Waals surface area contributed by atoms with Gasteiger partial charge in [0.1, 0.15) is 37.9 Å². The van der Waals surface area contributed by atoms with Gasteiger partial charge in [-0.3, -0.25) is 24.5 Å². The average Bonchev–Trinajstić information content (AvgIpc) is 4.42. The Morgan fingerprint density at radius 3 is 1.72 bits per heavy atom. The highest BCUT2D eigenvalue weighted by molar-refractivity contribution is 7.17. The van der Waals surface area contributed by atoms with Crippen molar-refractivity contribution in [1.29, 1.82) is 0 Å². The van der Waals surface area contributed by atoms with Crippen LogP contribution in [-0.4, -0.2) is 134 Å². The van der Waals surface area contributed by atoms with Crippen LogP contribution in [0.2, 0.25) is 0 Å². The van der Waals surface area contributed by atoms with Gasteiger partial charge in [0.05, 0.1) is 41.6 Å². The van der Waals surface area contributed by atoms with E-state index in [0.717, 1.165) is 54.9 Å².